The Morgan fingerprint density at radius 3 is 2.73 bits per heavy atom. The van der Waals surface area contributed by atoms with Crippen molar-refractivity contribution < 1.29 is 13.8 Å². The molecule has 4 atom stereocenters. The van der Waals surface area contributed by atoms with Crippen LogP contribution >= 0.6 is 6.49 Å². The summed E-state index contributed by atoms with van der Waals surface area (Å²) in [5.41, 5.74) is 0. The van der Waals surface area contributed by atoms with Crippen molar-refractivity contribution in [1.82, 2.24) is 0 Å². The lowest BCUT2D eigenvalue weighted by Crippen LogP contribution is -2.22. The van der Waals surface area contributed by atoms with E-state index in [-0.39, 0.29) is 18.2 Å². The average molecular weight is 248 g/mol. The molecule has 0 spiro atoms. The van der Waals surface area contributed by atoms with Gasteiger partial charge in [-0.05, 0) is 31.6 Å². The van der Waals surface area contributed by atoms with Gasteiger partial charge in [0.1, 0.15) is 7.85 Å². The van der Waals surface area contributed by atoms with Crippen molar-refractivity contribution in [3.8, 4) is 0 Å². The fourth-order valence-corrected chi connectivity index (χ4v) is 3.62. The Morgan fingerprint density at radius 2 is 2.20 bits per heavy atom. The Hall–Kier alpha value is 0.595. The molecule has 0 bridgehead atoms. The maximum absolute atomic E-state index is 5.81. The largest absolute Gasteiger partial charge is 0.382 e. The summed E-state index contributed by atoms with van der Waals surface area (Å²) in [5, 5.41) is 0. The summed E-state index contributed by atoms with van der Waals surface area (Å²) in [4.78, 5) is 0. The van der Waals surface area contributed by atoms with Crippen LogP contribution in [0.3, 0.4) is 0 Å². The van der Waals surface area contributed by atoms with Crippen LogP contribution < -0.4 is 0 Å². The van der Waals surface area contributed by atoms with Gasteiger partial charge in [-0.3, -0.25) is 0 Å². The van der Waals surface area contributed by atoms with E-state index in [0.29, 0.717) is 13.0 Å². The lowest BCUT2D eigenvalue weighted by molar-refractivity contribution is 0.0388. The van der Waals surface area contributed by atoms with Crippen molar-refractivity contribution in [3.63, 3.8) is 0 Å². The molecule has 1 aliphatic rings. The van der Waals surface area contributed by atoms with E-state index in [1.807, 2.05) is 13.6 Å². The Kier molecular flexibility index (Phi) is 5.27. The summed E-state index contributed by atoms with van der Waals surface area (Å²) in [5.74, 6) is 0. The SMILES string of the molecule is [B]C1CC(OP(C)(=S)OCC)C(CC)O1. The van der Waals surface area contributed by atoms with Crippen LogP contribution in [0.5, 0.6) is 0 Å². The fourth-order valence-electron chi connectivity index (χ4n) is 1.73. The van der Waals surface area contributed by atoms with Crippen LogP contribution in [0.25, 0.3) is 0 Å². The van der Waals surface area contributed by atoms with Gasteiger partial charge in [-0.25, -0.2) is 0 Å². The zero-order chi connectivity index (χ0) is 11.5. The van der Waals surface area contributed by atoms with E-state index in [2.05, 4.69) is 6.92 Å². The van der Waals surface area contributed by atoms with E-state index in [1.165, 1.54) is 0 Å². The Labute approximate surface area is 98.4 Å². The standard InChI is InChI=1S/C9H18BO3PS/c1-4-7-8(6-9(10)12-7)13-14(3,15)11-5-2/h7-9H,4-6H2,1-3H3. The second kappa shape index (κ2) is 5.78. The van der Waals surface area contributed by atoms with E-state index in [0.717, 1.165) is 6.42 Å². The highest BCUT2D eigenvalue weighted by Crippen LogP contribution is 2.48. The van der Waals surface area contributed by atoms with Crippen LogP contribution in [0.4, 0.5) is 0 Å². The minimum atomic E-state index is -2.12. The van der Waals surface area contributed by atoms with Crippen LogP contribution in [0.15, 0.2) is 0 Å². The Morgan fingerprint density at radius 1 is 1.53 bits per heavy atom. The number of rotatable bonds is 5. The molecular weight excluding hydrogens is 230 g/mol. The smallest absolute Gasteiger partial charge is 0.185 e. The second-order valence-corrected chi connectivity index (χ2v) is 7.69. The predicted octanol–water partition coefficient (Wildman–Crippen LogP) is 2.04. The maximum atomic E-state index is 5.81. The summed E-state index contributed by atoms with van der Waals surface area (Å²) in [6.45, 7) is 4.29. The monoisotopic (exact) mass is 248 g/mol. The van der Waals surface area contributed by atoms with Crippen LogP contribution in [-0.2, 0) is 25.6 Å². The van der Waals surface area contributed by atoms with E-state index in [4.69, 9.17) is 33.4 Å². The number of ether oxygens (including phenoxy) is 1. The average Bonchev–Trinajstić information content (AvgIpc) is 2.44. The second-order valence-electron chi connectivity index (χ2n) is 3.69. The molecule has 1 rings (SSSR count). The van der Waals surface area contributed by atoms with Gasteiger partial charge in [0.25, 0.3) is 0 Å². The normalized spacial score (nSPS) is 35.3. The lowest BCUT2D eigenvalue weighted by atomic mass is 9.96. The predicted molar refractivity (Wildman–Crippen MR) is 66.0 cm³/mol. The van der Waals surface area contributed by atoms with Crippen molar-refractivity contribution in [3.05, 3.63) is 0 Å². The number of hydrogen-bond donors (Lipinski definition) is 0. The van der Waals surface area contributed by atoms with Gasteiger partial charge >= 0.3 is 0 Å². The van der Waals surface area contributed by atoms with Gasteiger partial charge in [-0.2, -0.15) is 0 Å². The highest BCUT2D eigenvalue weighted by Gasteiger charge is 2.34. The quantitative estimate of drug-likeness (QED) is 0.549. The highest BCUT2D eigenvalue weighted by atomic mass is 32.5. The molecule has 0 N–H and O–H groups in total. The molecular formula is C9H18BO3PS. The van der Waals surface area contributed by atoms with Crippen molar-refractivity contribution >= 4 is 26.1 Å². The zero-order valence-corrected chi connectivity index (χ0v) is 11.2. The molecule has 3 nitrogen and oxygen atoms in total. The molecule has 0 aromatic rings. The third-order valence-electron chi connectivity index (χ3n) is 2.32. The van der Waals surface area contributed by atoms with Gasteiger partial charge in [-0.15, -0.1) is 0 Å². The molecule has 15 heavy (non-hydrogen) atoms. The van der Waals surface area contributed by atoms with Crippen molar-refractivity contribution in [1.29, 1.82) is 0 Å². The first-order chi connectivity index (χ1) is 6.98. The fraction of sp³-hybridized carbons (Fsp3) is 1.00. The van der Waals surface area contributed by atoms with Gasteiger partial charge < -0.3 is 13.8 Å². The van der Waals surface area contributed by atoms with E-state index in [9.17, 15) is 0 Å². The molecule has 0 aliphatic carbocycles. The van der Waals surface area contributed by atoms with E-state index < -0.39 is 6.49 Å². The zero-order valence-electron chi connectivity index (χ0n) is 9.51. The van der Waals surface area contributed by atoms with Crippen molar-refractivity contribution in [2.24, 2.45) is 0 Å². The maximum Gasteiger partial charge on any atom is 0.185 e. The molecule has 2 radical (unpaired) electrons. The molecule has 1 aliphatic heterocycles. The molecule has 86 valence electrons. The topological polar surface area (TPSA) is 27.7 Å². The van der Waals surface area contributed by atoms with Crippen molar-refractivity contribution in [2.45, 2.75) is 44.9 Å². The van der Waals surface area contributed by atoms with E-state index >= 15 is 0 Å². The Balaban J connectivity index is 2.53. The molecule has 0 aromatic heterocycles. The summed E-state index contributed by atoms with van der Waals surface area (Å²) < 4.78 is 16.8. The van der Waals surface area contributed by atoms with E-state index in [1.54, 1.807) is 0 Å². The third kappa shape index (κ3) is 4.16. The molecule has 0 amide bonds. The van der Waals surface area contributed by atoms with Gasteiger partial charge in [0.2, 0.25) is 0 Å². The minimum Gasteiger partial charge on any atom is -0.382 e. The molecule has 1 fully saturated rings. The third-order valence-corrected chi connectivity index (χ3v) is 4.28. The lowest BCUT2D eigenvalue weighted by Gasteiger charge is -2.24. The van der Waals surface area contributed by atoms with Crippen LogP contribution in [0.2, 0.25) is 0 Å². The molecule has 1 saturated heterocycles. The first-order valence-electron chi connectivity index (χ1n) is 5.30. The van der Waals surface area contributed by atoms with Gasteiger partial charge in [-0.1, -0.05) is 6.92 Å². The first-order valence-corrected chi connectivity index (χ1v) is 8.38. The van der Waals surface area contributed by atoms with Crippen LogP contribution in [-0.4, -0.2) is 39.3 Å². The highest BCUT2D eigenvalue weighted by molar-refractivity contribution is 8.09. The Bertz CT molecular complexity index is 252. The summed E-state index contributed by atoms with van der Waals surface area (Å²) in [6, 6.07) is -0.225. The minimum absolute atomic E-state index is 0.00705. The summed E-state index contributed by atoms with van der Waals surface area (Å²) in [6.07, 6.45) is 1.65. The van der Waals surface area contributed by atoms with Crippen molar-refractivity contribution in [2.75, 3.05) is 13.3 Å². The first kappa shape index (κ1) is 13.7. The molecule has 6 heteroatoms. The summed E-state index contributed by atoms with van der Waals surface area (Å²) >= 11 is 5.29. The van der Waals surface area contributed by atoms with Gasteiger partial charge in [0.15, 0.2) is 6.49 Å². The van der Waals surface area contributed by atoms with Gasteiger partial charge in [0, 0.05) is 12.7 Å². The van der Waals surface area contributed by atoms with Gasteiger partial charge in [0.05, 0.1) is 18.8 Å². The summed E-state index contributed by atoms with van der Waals surface area (Å²) in [7, 11) is 5.72. The molecule has 4 unspecified atom stereocenters. The molecule has 1 heterocycles. The van der Waals surface area contributed by atoms with Crippen LogP contribution in [0, 0.1) is 0 Å². The number of hydrogen-bond acceptors (Lipinski definition) is 4. The molecule has 0 aromatic carbocycles. The molecule has 0 saturated carbocycles. The van der Waals surface area contributed by atoms with Crippen LogP contribution in [0.1, 0.15) is 26.7 Å².